The average molecular weight is 356 g/mol. The van der Waals surface area contributed by atoms with Gasteiger partial charge in [0.15, 0.2) is 11.5 Å². The minimum Gasteiger partial charge on any atom is -0.502 e. The number of ether oxygens (including phenoxy) is 3. The lowest BCUT2D eigenvalue weighted by molar-refractivity contribution is 0.182. The summed E-state index contributed by atoms with van der Waals surface area (Å²) in [5.74, 6) is 0.283. The number of nitriles is 1. The zero-order chi connectivity index (χ0) is 18.8. The van der Waals surface area contributed by atoms with Crippen LogP contribution in [0.5, 0.6) is 17.2 Å². The van der Waals surface area contributed by atoms with E-state index in [1.807, 2.05) is 6.07 Å². The summed E-state index contributed by atoms with van der Waals surface area (Å²) in [6, 6.07) is 5.18. The van der Waals surface area contributed by atoms with Crippen molar-refractivity contribution in [2.24, 2.45) is 0 Å². The van der Waals surface area contributed by atoms with Gasteiger partial charge in [0.1, 0.15) is 17.3 Å². The van der Waals surface area contributed by atoms with Crippen LogP contribution in [0.15, 0.2) is 16.5 Å². The van der Waals surface area contributed by atoms with Gasteiger partial charge in [0.25, 0.3) is 5.89 Å². The molecule has 0 spiro atoms. The summed E-state index contributed by atoms with van der Waals surface area (Å²) in [6.45, 7) is 0.167. The summed E-state index contributed by atoms with van der Waals surface area (Å²) in [4.78, 5) is 0. The molecule has 0 saturated heterocycles. The third-order valence-electron chi connectivity index (χ3n) is 3.88. The molecule has 2 aliphatic heterocycles. The molecule has 0 amide bonds. The highest BCUT2D eigenvalue weighted by molar-refractivity contribution is 5.90. The summed E-state index contributed by atoms with van der Waals surface area (Å²) in [7, 11) is 4.35. The van der Waals surface area contributed by atoms with Crippen molar-refractivity contribution in [3.8, 4) is 45.9 Å². The highest BCUT2D eigenvalue weighted by atomic mass is 16.5. The SMILES string of the molecule is COCc1nnc2oc(N)c(C#N)c(-c3cc(OC)c(O)c(OC)c3)c1-2. The van der Waals surface area contributed by atoms with E-state index in [1.54, 1.807) is 12.1 Å². The molecule has 1 aromatic carbocycles. The van der Waals surface area contributed by atoms with Crippen molar-refractivity contribution in [1.82, 2.24) is 10.2 Å². The lowest BCUT2D eigenvalue weighted by atomic mass is 9.94. The maximum atomic E-state index is 10.2. The first kappa shape index (κ1) is 17.3. The van der Waals surface area contributed by atoms with E-state index in [1.165, 1.54) is 21.3 Å². The lowest BCUT2D eigenvalue weighted by Gasteiger charge is -2.15. The quantitative estimate of drug-likeness (QED) is 0.704. The number of phenols is 1. The number of nitrogens with zero attached hydrogens (tertiary/aromatic N) is 3. The number of nitrogens with two attached hydrogens (primary N) is 1. The average Bonchev–Trinajstić information content (AvgIpc) is 3.03. The number of benzene rings is 1. The van der Waals surface area contributed by atoms with Gasteiger partial charge in [-0.2, -0.15) is 5.26 Å². The van der Waals surface area contributed by atoms with Crippen LogP contribution in [0.1, 0.15) is 11.3 Å². The maximum absolute atomic E-state index is 10.2. The van der Waals surface area contributed by atoms with E-state index >= 15 is 0 Å². The smallest absolute Gasteiger partial charge is 0.250 e. The van der Waals surface area contributed by atoms with Gasteiger partial charge in [0, 0.05) is 12.7 Å². The summed E-state index contributed by atoms with van der Waals surface area (Å²) in [6.07, 6.45) is 0. The fourth-order valence-electron chi connectivity index (χ4n) is 2.73. The molecule has 3 rings (SSSR count). The monoisotopic (exact) mass is 356 g/mol. The first-order valence-corrected chi connectivity index (χ1v) is 7.47. The number of methoxy groups -OCH3 is 3. The molecule has 1 aromatic rings. The molecule has 0 saturated carbocycles. The highest BCUT2D eigenvalue weighted by Gasteiger charge is 2.28. The van der Waals surface area contributed by atoms with Gasteiger partial charge in [-0.1, -0.05) is 0 Å². The molecule has 0 atom stereocenters. The van der Waals surface area contributed by atoms with E-state index in [2.05, 4.69) is 10.2 Å². The molecular weight excluding hydrogens is 340 g/mol. The molecule has 0 unspecified atom stereocenters. The van der Waals surface area contributed by atoms with Gasteiger partial charge < -0.3 is 29.5 Å². The standard InChI is InChI=1S/C17H16N4O5/c1-23-7-10-14-13(9(6-18)16(19)26-17(14)21-20-10)8-4-11(24-2)15(22)12(5-8)25-3/h4-5,22H,7,19H2,1-3H3. The Morgan fingerprint density at radius 1 is 1.15 bits per heavy atom. The van der Waals surface area contributed by atoms with Crippen molar-refractivity contribution in [2.45, 2.75) is 6.61 Å². The van der Waals surface area contributed by atoms with Crippen molar-refractivity contribution < 1.29 is 23.7 Å². The number of aromatic hydroxyl groups is 1. The molecule has 9 nitrogen and oxygen atoms in total. The third kappa shape index (κ3) is 2.62. The van der Waals surface area contributed by atoms with Gasteiger partial charge in [-0.3, -0.25) is 0 Å². The summed E-state index contributed by atoms with van der Waals surface area (Å²) in [5, 5.41) is 27.8. The number of hydrogen-bond acceptors (Lipinski definition) is 9. The topological polar surface area (TPSA) is 137 Å². The van der Waals surface area contributed by atoms with Crippen LogP contribution in [0.4, 0.5) is 5.88 Å². The fourth-order valence-corrected chi connectivity index (χ4v) is 2.73. The summed E-state index contributed by atoms with van der Waals surface area (Å²) in [5.41, 5.74) is 7.95. The zero-order valence-electron chi connectivity index (χ0n) is 14.4. The van der Waals surface area contributed by atoms with Crippen molar-refractivity contribution in [3.05, 3.63) is 23.4 Å². The van der Waals surface area contributed by atoms with Gasteiger partial charge in [-0.15, -0.1) is 10.2 Å². The first-order chi connectivity index (χ1) is 12.5. The normalized spacial score (nSPS) is 10.7. The fraction of sp³-hybridized carbons (Fsp3) is 0.235. The Bertz CT molecular complexity index is 951. The van der Waals surface area contributed by atoms with Gasteiger partial charge in [-0.25, -0.2) is 0 Å². The predicted molar refractivity (Wildman–Crippen MR) is 91.0 cm³/mol. The number of hydrogen-bond donors (Lipinski definition) is 2. The molecule has 9 heteroatoms. The van der Waals surface area contributed by atoms with Gasteiger partial charge >= 0.3 is 0 Å². The van der Waals surface area contributed by atoms with Crippen LogP contribution in [0, 0.1) is 11.3 Å². The molecule has 2 aliphatic rings. The van der Waals surface area contributed by atoms with Crippen LogP contribution in [-0.2, 0) is 11.3 Å². The molecule has 0 aliphatic carbocycles. The van der Waals surface area contributed by atoms with E-state index in [4.69, 9.17) is 24.4 Å². The summed E-state index contributed by atoms with van der Waals surface area (Å²) >= 11 is 0. The second-order valence-electron chi connectivity index (χ2n) is 5.32. The number of nitrogen functional groups attached to an aromatic ring is 1. The Balaban J connectivity index is 2.41. The second kappa shape index (κ2) is 6.78. The first-order valence-electron chi connectivity index (χ1n) is 7.47. The Morgan fingerprint density at radius 2 is 1.81 bits per heavy atom. The van der Waals surface area contributed by atoms with Crippen LogP contribution < -0.4 is 15.2 Å². The highest BCUT2D eigenvalue weighted by Crippen LogP contribution is 2.46. The van der Waals surface area contributed by atoms with Crippen molar-refractivity contribution >= 4 is 5.88 Å². The summed E-state index contributed by atoms with van der Waals surface area (Å²) < 4.78 is 21.0. The van der Waals surface area contributed by atoms with Crippen LogP contribution in [-0.4, -0.2) is 36.6 Å². The Labute approximate surface area is 148 Å². The maximum Gasteiger partial charge on any atom is 0.250 e. The zero-order valence-corrected chi connectivity index (χ0v) is 14.4. The van der Waals surface area contributed by atoms with E-state index < -0.39 is 0 Å². The van der Waals surface area contributed by atoms with E-state index in [0.717, 1.165) is 0 Å². The Morgan fingerprint density at radius 3 is 2.35 bits per heavy atom. The minimum atomic E-state index is -0.155. The molecule has 26 heavy (non-hydrogen) atoms. The van der Waals surface area contributed by atoms with Crippen molar-refractivity contribution in [3.63, 3.8) is 0 Å². The van der Waals surface area contributed by atoms with Crippen LogP contribution in [0.3, 0.4) is 0 Å². The lowest BCUT2D eigenvalue weighted by Crippen LogP contribution is -2.00. The molecule has 0 aromatic heterocycles. The van der Waals surface area contributed by atoms with Gasteiger partial charge in [-0.05, 0) is 17.7 Å². The van der Waals surface area contributed by atoms with Gasteiger partial charge in [0.05, 0.1) is 26.4 Å². The van der Waals surface area contributed by atoms with E-state index in [-0.39, 0.29) is 41.2 Å². The molecule has 0 radical (unpaired) electrons. The van der Waals surface area contributed by atoms with Crippen LogP contribution in [0.25, 0.3) is 22.6 Å². The number of fused-ring (bicyclic) bond motifs is 1. The number of rotatable bonds is 5. The molecule has 2 heterocycles. The Hall–Kier alpha value is -3.51. The largest absolute Gasteiger partial charge is 0.502 e. The van der Waals surface area contributed by atoms with Crippen molar-refractivity contribution in [2.75, 3.05) is 27.1 Å². The molecule has 134 valence electrons. The number of phenolic OH excluding ortho intramolecular Hbond substituents is 1. The van der Waals surface area contributed by atoms with Crippen LogP contribution >= 0.6 is 0 Å². The molecule has 0 bridgehead atoms. The van der Waals surface area contributed by atoms with E-state index in [0.29, 0.717) is 22.4 Å². The molecule has 0 fully saturated rings. The minimum absolute atomic E-state index is 0.0927. The second-order valence-corrected chi connectivity index (χ2v) is 5.32. The molecular formula is C17H16N4O5. The molecule has 3 N–H and O–H groups in total. The van der Waals surface area contributed by atoms with Gasteiger partial charge in [0.2, 0.25) is 11.6 Å². The predicted octanol–water partition coefficient (Wildman–Crippen LogP) is 2.16. The van der Waals surface area contributed by atoms with Crippen molar-refractivity contribution in [1.29, 1.82) is 5.26 Å². The van der Waals surface area contributed by atoms with Crippen LogP contribution in [0.2, 0.25) is 0 Å². The third-order valence-corrected chi connectivity index (χ3v) is 3.88. The van der Waals surface area contributed by atoms with E-state index in [9.17, 15) is 10.4 Å². The number of anilines is 1. The number of aromatic nitrogens is 2. The Kier molecular flexibility index (Phi) is 4.51.